The van der Waals surface area contributed by atoms with E-state index in [0.717, 1.165) is 11.5 Å². The summed E-state index contributed by atoms with van der Waals surface area (Å²) in [4.78, 5) is 4.20. The summed E-state index contributed by atoms with van der Waals surface area (Å²) in [5.41, 5.74) is 6.28. The Labute approximate surface area is 72.0 Å². The second-order valence-electron chi connectivity index (χ2n) is 2.28. The Morgan fingerprint density at radius 3 is 3.08 bits per heavy atom. The van der Waals surface area contributed by atoms with Crippen LogP contribution in [0.25, 0.3) is 0 Å². The number of anilines is 1. The van der Waals surface area contributed by atoms with Crippen LogP contribution in [0, 0.1) is 12.3 Å². The topological polar surface area (TPSA) is 50.9 Å². The Balaban J connectivity index is 2.67. The van der Waals surface area contributed by atoms with E-state index in [4.69, 9.17) is 12.2 Å². The largest absolute Gasteiger partial charge is 0.359 e. The molecule has 0 saturated heterocycles. The molecule has 1 heterocycles. The van der Waals surface area contributed by atoms with Crippen molar-refractivity contribution >= 4 is 5.82 Å². The van der Waals surface area contributed by atoms with Gasteiger partial charge in [-0.2, -0.15) is 0 Å². The van der Waals surface area contributed by atoms with E-state index in [-0.39, 0.29) is 0 Å². The minimum atomic E-state index is 0.450. The Kier molecular flexibility index (Phi) is 3.12. The fourth-order valence-electron chi connectivity index (χ4n) is 0.833. The molecule has 1 aromatic rings. The van der Waals surface area contributed by atoms with Crippen molar-refractivity contribution < 1.29 is 0 Å². The first-order chi connectivity index (χ1) is 5.86. The summed E-state index contributed by atoms with van der Waals surface area (Å²) in [7, 11) is 0. The molecule has 0 aliphatic heterocycles. The van der Waals surface area contributed by atoms with Gasteiger partial charge in [-0.05, 0) is 12.1 Å². The number of nitrogens with zero attached hydrogens (tertiary/aromatic N) is 1. The van der Waals surface area contributed by atoms with Crippen LogP contribution in [-0.2, 0) is 6.54 Å². The first kappa shape index (κ1) is 8.57. The SMILES string of the molecule is C#CCNc1cccc(CN)n1. The van der Waals surface area contributed by atoms with Gasteiger partial charge in [0.2, 0.25) is 0 Å². The highest BCUT2D eigenvalue weighted by Gasteiger charge is 1.92. The third-order valence-corrected chi connectivity index (χ3v) is 1.39. The molecule has 0 bridgehead atoms. The van der Waals surface area contributed by atoms with Crippen molar-refractivity contribution in [2.24, 2.45) is 5.73 Å². The molecule has 1 rings (SSSR count). The van der Waals surface area contributed by atoms with Crippen molar-refractivity contribution in [2.75, 3.05) is 11.9 Å². The number of terminal acetylenes is 1. The van der Waals surface area contributed by atoms with Gasteiger partial charge in [0.1, 0.15) is 5.82 Å². The molecule has 1 aromatic heterocycles. The van der Waals surface area contributed by atoms with E-state index in [2.05, 4.69) is 16.2 Å². The smallest absolute Gasteiger partial charge is 0.127 e. The van der Waals surface area contributed by atoms with Crippen LogP contribution in [0.3, 0.4) is 0 Å². The summed E-state index contributed by atoms with van der Waals surface area (Å²) in [6, 6.07) is 5.63. The zero-order chi connectivity index (χ0) is 8.81. The van der Waals surface area contributed by atoms with Gasteiger partial charge in [-0.25, -0.2) is 4.98 Å². The van der Waals surface area contributed by atoms with Crippen LogP contribution in [-0.4, -0.2) is 11.5 Å². The summed E-state index contributed by atoms with van der Waals surface area (Å²) in [5.74, 6) is 3.25. The lowest BCUT2D eigenvalue weighted by molar-refractivity contribution is 0.989. The van der Waals surface area contributed by atoms with Crippen LogP contribution in [0.5, 0.6) is 0 Å². The number of aromatic nitrogens is 1. The predicted molar refractivity (Wildman–Crippen MR) is 49.5 cm³/mol. The lowest BCUT2D eigenvalue weighted by Gasteiger charge is -2.02. The summed E-state index contributed by atoms with van der Waals surface area (Å²) in [6.45, 7) is 0.937. The molecule has 3 N–H and O–H groups in total. The minimum absolute atomic E-state index is 0.450. The summed E-state index contributed by atoms with van der Waals surface area (Å²) < 4.78 is 0. The normalized spacial score (nSPS) is 9.00. The maximum atomic E-state index is 5.42. The van der Waals surface area contributed by atoms with Gasteiger partial charge >= 0.3 is 0 Å². The number of hydrogen-bond acceptors (Lipinski definition) is 3. The average molecular weight is 161 g/mol. The van der Waals surface area contributed by atoms with Gasteiger partial charge in [0.05, 0.1) is 12.2 Å². The Hall–Kier alpha value is -1.53. The highest BCUT2D eigenvalue weighted by atomic mass is 15.0. The molecule has 0 atom stereocenters. The summed E-state index contributed by atoms with van der Waals surface area (Å²) in [5, 5.41) is 2.97. The number of rotatable bonds is 3. The van der Waals surface area contributed by atoms with E-state index in [1.807, 2.05) is 18.2 Å². The summed E-state index contributed by atoms with van der Waals surface area (Å²) in [6.07, 6.45) is 5.08. The van der Waals surface area contributed by atoms with Gasteiger partial charge in [-0.1, -0.05) is 12.0 Å². The number of hydrogen-bond donors (Lipinski definition) is 2. The number of nitrogens with two attached hydrogens (primary N) is 1. The highest BCUT2D eigenvalue weighted by molar-refractivity contribution is 5.36. The quantitative estimate of drug-likeness (QED) is 0.638. The highest BCUT2D eigenvalue weighted by Crippen LogP contribution is 2.02. The van der Waals surface area contributed by atoms with E-state index in [0.29, 0.717) is 13.1 Å². The third kappa shape index (κ3) is 2.26. The maximum absolute atomic E-state index is 5.42. The van der Waals surface area contributed by atoms with Crippen molar-refractivity contribution in [1.82, 2.24) is 4.98 Å². The molecular formula is C9H11N3. The predicted octanol–water partition coefficient (Wildman–Crippen LogP) is 0.585. The molecule has 0 aliphatic rings. The number of pyridine rings is 1. The van der Waals surface area contributed by atoms with Crippen molar-refractivity contribution in [3.63, 3.8) is 0 Å². The molecule has 3 heteroatoms. The van der Waals surface area contributed by atoms with Crippen LogP contribution < -0.4 is 11.1 Å². The Morgan fingerprint density at radius 1 is 1.58 bits per heavy atom. The first-order valence-corrected chi connectivity index (χ1v) is 3.70. The van der Waals surface area contributed by atoms with Crippen molar-refractivity contribution in [1.29, 1.82) is 0 Å². The van der Waals surface area contributed by atoms with Gasteiger partial charge < -0.3 is 11.1 Å². The van der Waals surface area contributed by atoms with Crippen LogP contribution in [0.4, 0.5) is 5.82 Å². The molecular weight excluding hydrogens is 150 g/mol. The average Bonchev–Trinajstić information content (AvgIpc) is 2.15. The van der Waals surface area contributed by atoms with Crippen molar-refractivity contribution in [2.45, 2.75) is 6.54 Å². The monoisotopic (exact) mass is 161 g/mol. The van der Waals surface area contributed by atoms with Gasteiger partial charge in [-0.3, -0.25) is 0 Å². The lowest BCUT2D eigenvalue weighted by atomic mass is 10.3. The van der Waals surface area contributed by atoms with Gasteiger partial charge in [0.15, 0.2) is 0 Å². The van der Waals surface area contributed by atoms with E-state index in [9.17, 15) is 0 Å². The van der Waals surface area contributed by atoms with Crippen molar-refractivity contribution in [3.05, 3.63) is 23.9 Å². The van der Waals surface area contributed by atoms with Gasteiger partial charge in [-0.15, -0.1) is 6.42 Å². The van der Waals surface area contributed by atoms with E-state index < -0.39 is 0 Å². The maximum Gasteiger partial charge on any atom is 0.127 e. The van der Waals surface area contributed by atoms with Crippen LogP contribution >= 0.6 is 0 Å². The molecule has 0 aliphatic carbocycles. The standard InChI is InChI=1S/C9H11N3/c1-2-6-11-9-5-3-4-8(7-10)12-9/h1,3-5H,6-7,10H2,(H,11,12). The fraction of sp³-hybridized carbons (Fsp3) is 0.222. The zero-order valence-corrected chi connectivity index (χ0v) is 6.75. The second-order valence-corrected chi connectivity index (χ2v) is 2.28. The first-order valence-electron chi connectivity index (χ1n) is 3.70. The van der Waals surface area contributed by atoms with Crippen LogP contribution in [0.1, 0.15) is 5.69 Å². The molecule has 0 spiro atoms. The fourth-order valence-corrected chi connectivity index (χ4v) is 0.833. The molecule has 0 unspecified atom stereocenters. The lowest BCUT2D eigenvalue weighted by Crippen LogP contribution is -2.04. The number of nitrogens with one attached hydrogen (secondary N) is 1. The van der Waals surface area contributed by atoms with E-state index in [1.165, 1.54) is 0 Å². The van der Waals surface area contributed by atoms with E-state index >= 15 is 0 Å². The third-order valence-electron chi connectivity index (χ3n) is 1.39. The molecule has 0 saturated carbocycles. The zero-order valence-electron chi connectivity index (χ0n) is 6.75. The molecule has 0 radical (unpaired) electrons. The van der Waals surface area contributed by atoms with Crippen molar-refractivity contribution in [3.8, 4) is 12.3 Å². The molecule has 0 amide bonds. The molecule has 12 heavy (non-hydrogen) atoms. The minimum Gasteiger partial charge on any atom is -0.359 e. The van der Waals surface area contributed by atoms with Crippen LogP contribution in [0.2, 0.25) is 0 Å². The molecule has 0 fully saturated rings. The summed E-state index contributed by atoms with van der Waals surface area (Å²) >= 11 is 0. The molecule has 0 aromatic carbocycles. The second kappa shape index (κ2) is 4.37. The van der Waals surface area contributed by atoms with Gasteiger partial charge in [0.25, 0.3) is 0 Å². The molecule has 62 valence electrons. The Bertz CT molecular complexity index is 288. The molecule has 3 nitrogen and oxygen atoms in total. The van der Waals surface area contributed by atoms with Crippen LogP contribution in [0.15, 0.2) is 18.2 Å². The van der Waals surface area contributed by atoms with Gasteiger partial charge in [0, 0.05) is 6.54 Å². The van der Waals surface area contributed by atoms with E-state index in [1.54, 1.807) is 0 Å². The Morgan fingerprint density at radius 2 is 2.42 bits per heavy atom.